The standard InChI is InChI=1S/C21H24ClFN4O4S/c1-3-26(2)16(11-24-21(30)17-6-7-18(22)32-17)20(29)25-13-4-5-15(14(23)10-13)27-8-9-31-12-19(27)28/h4-7,10,16H,3,8-9,11-12H2,1-2H3,(H,24,30)(H,25,29)/t16-/m0/s1. The van der Waals surface area contributed by atoms with Crippen molar-refractivity contribution in [3.63, 3.8) is 0 Å². The summed E-state index contributed by atoms with van der Waals surface area (Å²) < 4.78 is 20.2. The lowest BCUT2D eigenvalue weighted by molar-refractivity contribution is -0.125. The SMILES string of the molecule is CCN(C)[C@@H](CNC(=O)c1ccc(Cl)s1)C(=O)Nc1ccc(N2CCOCC2=O)c(F)c1. The summed E-state index contributed by atoms with van der Waals surface area (Å²) in [5.41, 5.74) is 0.392. The second-order valence-electron chi connectivity index (χ2n) is 7.16. The number of hydrogen-bond donors (Lipinski definition) is 2. The van der Waals surface area contributed by atoms with E-state index in [4.69, 9.17) is 16.3 Å². The number of benzene rings is 1. The molecule has 0 bridgehead atoms. The molecule has 0 saturated carbocycles. The molecule has 0 spiro atoms. The predicted molar refractivity (Wildman–Crippen MR) is 122 cm³/mol. The van der Waals surface area contributed by atoms with Gasteiger partial charge in [-0.1, -0.05) is 18.5 Å². The first kappa shape index (κ1) is 24.1. The van der Waals surface area contributed by atoms with Gasteiger partial charge in [0.15, 0.2) is 0 Å². The van der Waals surface area contributed by atoms with Gasteiger partial charge in [-0.3, -0.25) is 19.3 Å². The van der Waals surface area contributed by atoms with Crippen LogP contribution in [0.2, 0.25) is 4.34 Å². The van der Waals surface area contributed by atoms with Crippen molar-refractivity contribution in [3.05, 3.63) is 45.4 Å². The van der Waals surface area contributed by atoms with Crippen molar-refractivity contribution in [2.24, 2.45) is 0 Å². The Labute approximate surface area is 194 Å². The molecule has 3 rings (SSSR count). The van der Waals surface area contributed by atoms with Crippen LogP contribution in [0.3, 0.4) is 0 Å². The summed E-state index contributed by atoms with van der Waals surface area (Å²) in [6, 6.07) is 6.73. The number of amides is 3. The number of nitrogens with one attached hydrogen (secondary N) is 2. The molecule has 172 valence electrons. The molecule has 0 unspecified atom stereocenters. The highest BCUT2D eigenvalue weighted by atomic mass is 35.5. The molecular weight excluding hydrogens is 459 g/mol. The number of morpholine rings is 1. The lowest BCUT2D eigenvalue weighted by atomic mass is 10.2. The minimum absolute atomic E-state index is 0.0629. The first-order valence-electron chi connectivity index (χ1n) is 10.0. The lowest BCUT2D eigenvalue weighted by Crippen LogP contribution is -2.49. The predicted octanol–water partition coefficient (Wildman–Crippen LogP) is 2.59. The molecule has 32 heavy (non-hydrogen) atoms. The minimum atomic E-state index is -0.678. The minimum Gasteiger partial charge on any atom is -0.370 e. The monoisotopic (exact) mass is 482 g/mol. The van der Waals surface area contributed by atoms with Crippen LogP contribution in [0.5, 0.6) is 0 Å². The van der Waals surface area contributed by atoms with Crippen LogP contribution >= 0.6 is 22.9 Å². The van der Waals surface area contributed by atoms with E-state index in [1.54, 1.807) is 24.1 Å². The summed E-state index contributed by atoms with van der Waals surface area (Å²) in [6.45, 7) is 3.01. The first-order chi connectivity index (χ1) is 15.3. The van der Waals surface area contributed by atoms with Gasteiger partial charge in [-0.05, 0) is 43.9 Å². The number of likely N-dealkylation sites (N-methyl/N-ethyl adjacent to an activating group) is 1. The van der Waals surface area contributed by atoms with Gasteiger partial charge < -0.3 is 20.3 Å². The highest BCUT2D eigenvalue weighted by molar-refractivity contribution is 7.18. The zero-order valence-corrected chi connectivity index (χ0v) is 19.3. The van der Waals surface area contributed by atoms with E-state index in [9.17, 15) is 18.8 Å². The highest BCUT2D eigenvalue weighted by Crippen LogP contribution is 2.25. The fourth-order valence-electron chi connectivity index (χ4n) is 3.18. The zero-order valence-electron chi connectivity index (χ0n) is 17.7. The zero-order chi connectivity index (χ0) is 23.3. The number of carbonyl (C=O) groups excluding carboxylic acids is 3. The number of hydrogen-bond acceptors (Lipinski definition) is 6. The molecule has 2 aromatic rings. The maximum Gasteiger partial charge on any atom is 0.261 e. The molecule has 11 heteroatoms. The molecule has 1 aromatic carbocycles. The van der Waals surface area contributed by atoms with Crippen LogP contribution in [-0.4, -0.2) is 68.6 Å². The fraction of sp³-hybridized carbons (Fsp3) is 0.381. The Morgan fingerprint density at radius 3 is 2.75 bits per heavy atom. The molecule has 1 aliphatic heterocycles. The normalized spacial score (nSPS) is 15.0. The number of nitrogens with zero attached hydrogens (tertiary/aromatic N) is 2. The van der Waals surface area contributed by atoms with E-state index < -0.39 is 17.8 Å². The van der Waals surface area contributed by atoms with Gasteiger partial charge in [0.2, 0.25) is 5.91 Å². The van der Waals surface area contributed by atoms with E-state index in [2.05, 4.69) is 10.6 Å². The van der Waals surface area contributed by atoms with E-state index in [-0.39, 0.29) is 42.9 Å². The van der Waals surface area contributed by atoms with E-state index >= 15 is 0 Å². The molecule has 1 fully saturated rings. The van der Waals surface area contributed by atoms with Gasteiger partial charge in [0, 0.05) is 18.8 Å². The largest absolute Gasteiger partial charge is 0.370 e. The van der Waals surface area contributed by atoms with Crippen molar-refractivity contribution >= 4 is 52.0 Å². The summed E-state index contributed by atoms with van der Waals surface area (Å²) in [7, 11) is 1.76. The Bertz CT molecular complexity index is 1000. The molecular formula is C21H24ClFN4O4S. The lowest BCUT2D eigenvalue weighted by Gasteiger charge is -2.28. The average Bonchev–Trinajstić information content (AvgIpc) is 3.21. The highest BCUT2D eigenvalue weighted by Gasteiger charge is 2.26. The number of rotatable bonds is 8. The van der Waals surface area contributed by atoms with Crippen molar-refractivity contribution in [3.8, 4) is 0 Å². The van der Waals surface area contributed by atoms with Gasteiger partial charge in [0.05, 0.1) is 21.5 Å². The van der Waals surface area contributed by atoms with Crippen LogP contribution in [0, 0.1) is 5.82 Å². The topological polar surface area (TPSA) is 91.0 Å². The quantitative estimate of drug-likeness (QED) is 0.603. The van der Waals surface area contributed by atoms with E-state index in [1.165, 1.54) is 23.1 Å². The van der Waals surface area contributed by atoms with Gasteiger partial charge in [-0.15, -0.1) is 11.3 Å². The van der Waals surface area contributed by atoms with Gasteiger partial charge in [-0.25, -0.2) is 4.39 Å². The van der Waals surface area contributed by atoms with Crippen LogP contribution in [-0.2, 0) is 14.3 Å². The van der Waals surface area contributed by atoms with Crippen molar-refractivity contribution in [1.82, 2.24) is 10.2 Å². The molecule has 2 N–H and O–H groups in total. The molecule has 1 aliphatic rings. The molecule has 0 aliphatic carbocycles. The van der Waals surface area contributed by atoms with Crippen molar-refractivity contribution in [2.45, 2.75) is 13.0 Å². The van der Waals surface area contributed by atoms with Crippen LogP contribution in [0.1, 0.15) is 16.6 Å². The third-order valence-corrected chi connectivity index (χ3v) is 6.31. The van der Waals surface area contributed by atoms with Gasteiger partial charge in [0.25, 0.3) is 11.8 Å². The maximum absolute atomic E-state index is 14.7. The van der Waals surface area contributed by atoms with Crippen molar-refractivity contribution in [1.29, 1.82) is 0 Å². The summed E-state index contributed by atoms with van der Waals surface area (Å²) in [6.07, 6.45) is 0. The van der Waals surface area contributed by atoms with Crippen LogP contribution in [0.15, 0.2) is 30.3 Å². The maximum atomic E-state index is 14.7. The van der Waals surface area contributed by atoms with Crippen molar-refractivity contribution < 1.29 is 23.5 Å². The number of halogens is 2. The van der Waals surface area contributed by atoms with Crippen LogP contribution in [0.4, 0.5) is 15.8 Å². The smallest absolute Gasteiger partial charge is 0.261 e. The van der Waals surface area contributed by atoms with E-state index in [0.29, 0.717) is 22.4 Å². The number of ether oxygens (including phenoxy) is 1. The number of anilines is 2. The van der Waals surface area contributed by atoms with E-state index in [0.717, 1.165) is 11.3 Å². The Balaban J connectivity index is 1.67. The van der Waals surface area contributed by atoms with Crippen molar-refractivity contribution in [2.75, 3.05) is 50.1 Å². The molecule has 8 nitrogen and oxygen atoms in total. The second-order valence-corrected chi connectivity index (χ2v) is 8.87. The molecule has 1 atom stereocenters. The second kappa shape index (κ2) is 10.9. The molecule has 3 amide bonds. The Hall–Kier alpha value is -2.53. The summed E-state index contributed by atoms with van der Waals surface area (Å²) in [5, 5.41) is 5.43. The summed E-state index contributed by atoms with van der Waals surface area (Å²) in [5.74, 6) is -1.66. The van der Waals surface area contributed by atoms with E-state index in [1.807, 2.05) is 6.92 Å². The van der Waals surface area contributed by atoms with Crippen LogP contribution in [0.25, 0.3) is 0 Å². The fourth-order valence-corrected chi connectivity index (χ4v) is 4.14. The van der Waals surface area contributed by atoms with Crippen LogP contribution < -0.4 is 15.5 Å². The third-order valence-electron chi connectivity index (χ3n) is 5.08. The Kier molecular flexibility index (Phi) is 8.19. The summed E-state index contributed by atoms with van der Waals surface area (Å²) >= 11 is 7.02. The molecule has 1 aromatic heterocycles. The van der Waals surface area contributed by atoms with Gasteiger partial charge in [0.1, 0.15) is 18.5 Å². The molecule has 1 saturated heterocycles. The third kappa shape index (κ3) is 5.83. The van der Waals surface area contributed by atoms with Gasteiger partial charge >= 0.3 is 0 Å². The first-order valence-corrected chi connectivity index (χ1v) is 11.2. The number of thiophene rings is 1. The molecule has 0 radical (unpaired) electrons. The Morgan fingerprint density at radius 2 is 2.12 bits per heavy atom. The van der Waals surface area contributed by atoms with Gasteiger partial charge in [-0.2, -0.15) is 0 Å². The summed E-state index contributed by atoms with van der Waals surface area (Å²) in [4.78, 5) is 40.7. The number of carbonyl (C=O) groups is 3. The molecule has 2 heterocycles. The Morgan fingerprint density at radius 1 is 1.34 bits per heavy atom. The average molecular weight is 483 g/mol.